The van der Waals surface area contributed by atoms with Gasteiger partial charge in [0.25, 0.3) is 0 Å². The number of carbonyl (C=O) groups is 1. The third-order valence-corrected chi connectivity index (χ3v) is 3.41. The Hall–Kier alpha value is -0.640. The van der Waals surface area contributed by atoms with Crippen molar-refractivity contribution in [1.29, 1.82) is 0 Å². The number of carbonyl (C=O) groups excluding carboxylic acids is 1. The lowest BCUT2D eigenvalue weighted by molar-refractivity contribution is -0.131. The Labute approximate surface area is 90.0 Å². The average molecular weight is 214 g/mol. The highest BCUT2D eigenvalue weighted by molar-refractivity contribution is 5.76. The van der Waals surface area contributed by atoms with Gasteiger partial charge in [0.05, 0.1) is 6.54 Å². The van der Waals surface area contributed by atoms with Crippen molar-refractivity contribution < 1.29 is 9.18 Å². The van der Waals surface area contributed by atoms with E-state index in [1.54, 1.807) is 4.90 Å². The van der Waals surface area contributed by atoms with Crippen LogP contribution in [0, 0.1) is 5.92 Å². The molecule has 2 fully saturated rings. The number of rotatable bonds is 2. The zero-order chi connectivity index (χ0) is 10.7. The van der Waals surface area contributed by atoms with Gasteiger partial charge in [0.2, 0.25) is 5.91 Å². The highest BCUT2D eigenvalue weighted by atomic mass is 19.1. The van der Waals surface area contributed by atoms with Crippen molar-refractivity contribution in [3.8, 4) is 0 Å². The van der Waals surface area contributed by atoms with Gasteiger partial charge in [0.15, 0.2) is 0 Å². The van der Waals surface area contributed by atoms with Crippen LogP contribution < -0.4 is 5.32 Å². The number of halogens is 1. The van der Waals surface area contributed by atoms with E-state index in [9.17, 15) is 9.18 Å². The molecule has 1 N–H and O–H groups in total. The molecular weight excluding hydrogens is 195 g/mol. The van der Waals surface area contributed by atoms with Gasteiger partial charge in [-0.1, -0.05) is 0 Å². The van der Waals surface area contributed by atoms with Crippen LogP contribution in [0.15, 0.2) is 0 Å². The molecule has 0 aromatic carbocycles. The first kappa shape index (κ1) is 10.9. The molecule has 1 atom stereocenters. The van der Waals surface area contributed by atoms with Gasteiger partial charge in [-0.05, 0) is 38.3 Å². The largest absolute Gasteiger partial charge is 0.340 e. The number of nitrogens with one attached hydrogen (secondary N) is 1. The van der Waals surface area contributed by atoms with Gasteiger partial charge in [0.1, 0.15) is 6.17 Å². The minimum atomic E-state index is -0.790. The average Bonchev–Trinajstić information content (AvgIpc) is 2.66. The lowest BCUT2D eigenvalue weighted by Gasteiger charge is -2.24. The van der Waals surface area contributed by atoms with Crippen molar-refractivity contribution in [1.82, 2.24) is 10.2 Å². The zero-order valence-electron chi connectivity index (χ0n) is 9.04. The summed E-state index contributed by atoms with van der Waals surface area (Å²) in [6, 6.07) is 0. The van der Waals surface area contributed by atoms with Gasteiger partial charge in [0, 0.05) is 13.0 Å². The van der Waals surface area contributed by atoms with E-state index >= 15 is 0 Å². The molecule has 0 radical (unpaired) electrons. The standard InChI is InChI=1S/C11H19FN2O/c12-10-3-6-14(8-10)11(15)7-9-1-4-13-5-2-9/h9-10,13H,1-8H2/t10-/m0/s1. The molecule has 4 heteroatoms. The quantitative estimate of drug-likeness (QED) is 0.742. The second-order valence-electron chi connectivity index (χ2n) is 4.62. The normalized spacial score (nSPS) is 28.3. The van der Waals surface area contributed by atoms with Crippen molar-refractivity contribution in [3.63, 3.8) is 0 Å². The van der Waals surface area contributed by atoms with Crippen LogP contribution in [0.5, 0.6) is 0 Å². The molecule has 0 aromatic rings. The van der Waals surface area contributed by atoms with E-state index in [2.05, 4.69) is 5.32 Å². The first-order valence-electron chi connectivity index (χ1n) is 5.88. The van der Waals surface area contributed by atoms with E-state index in [1.165, 1.54) is 0 Å². The van der Waals surface area contributed by atoms with E-state index in [-0.39, 0.29) is 5.91 Å². The lowest BCUT2D eigenvalue weighted by atomic mass is 9.94. The Morgan fingerprint density at radius 1 is 1.33 bits per heavy atom. The Kier molecular flexibility index (Phi) is 3.57. The van der Waals surface area contributed by atoms with E-state index in [4.69, 9.17) is 0 Å². The van der Waals surface area contributed by atoms with Gasteiger partial charge in [-0.2, -0.15) is 0 Å². The molecule has 86 valence electrons. The summed E-state index contributed by atoms with van der Waals surface area (Å²) in [5, 5.41) is 3.28. The molecule has 0 spiro atoms. The van der Waals surface area contributed by atoms with Gasteiger partial charge in [-0.3, -0.25) is 4.79 Å². The highest BCUT2D eigenvalue weighted by Gasteiger charge is 2.27. The van der Waals surface area contributed by atoms with Crippen molar-refractivity contribution >= 4 is 5.91 Å². The third-order valence-electron chi connectivity index (χ3n) is 3.41. The third kappa shape index (κ3) is 2.91. The summed E-state index contributed by atoms with van der Waals surface area (Å²) in [4.78, 5) is 13.5. The maximum atomic E-state index is 12.9. The summed E-state index contributed by atoms with van der Waals surface area (Å²) in [6.07, 6.45) is 2.52. The first-order chi connectivity index (χ1) is 7.25. The SMILES string of the molecule is O=C(CC1CCNCC1)N1CC[C@H](F)C1. The minimum absolute atomic E-state index is 0.155. The molecule has 2 aliphatic heterocycles. The van der Waals surface area contributed by atoms with Crippen molar-refractivity contribution in [3.05, 3.63) is 0 Å². The van der Waals surface area contributed by atoms with Crippen molar-refractivity contribution in [2.24, 2.45) is 5.92 Å². The molecule has 0 bridgehead atoms. The molecule has 2 rings (SSSR count). The Morgan fingerprint density at radius 2 is 2.07 bits per heavy atom. The monoisotopic (exact) mass is 214 g/mol. The summed E-state index contributed by atoms with van der Waals surface area (Å²) in [5.74, 6) is 0.666. The molecule has 0 aromatic heterocycles. The summed E-state index contributed by atoms with van der Waals surface area (Å²) in [6.45, 7) is 2.97. The Balaban J connectivity index is 1.76. The Morgan fingerprint density at radius 3 is 2.67 bits per heavy atom. The predicted octanol–water partition coefficient (Wildman–Crippen LogP) is 0.946. The topological polar surface area (TPSA) is 32.3 Å². The van der Waals surface area contributed by atoms with Crippen LogP contribution in [0.4, 0.5) is 4.39 Å². The van der Waals surface area contributed by atoms with Crippen LogP contribution in [-0.4, -0.2) is 43.2 Å². The van der Waals surface area contributed by atoms with E-state index in [1.807, 2.05) is 0 Å². The second kappa shape index (κ2) is 4.92. The number of piperidine rings is 1. The molecular formula is C11H19FN2O. The summed E-state index contributed by atoms with van der Waals surface area (Å²) in [5.41, 5.74) is 0. The molecule has 3 nitrogen and oxygen atoms in total. The van der Waals surface area contributed by atoms with E-state index < -0.39 is 6.17 Å². The zero-order valence-corrected chi connectivity index (χ0v) is 9.04. The number of likely N-dealkylation sites (tertiary alicyclic amines) is 1. The van der Waals surface area contributed by atoms with Crippen LogP contribution >= 0.6 is 0 Å². The van der Waals surface area contributed by atoms with E-state index in [0.717, 1.165) is 25.9 Å². The number of amides is 1. The molecule has 15 heavy (non-hydrogen) atoms. The molecule has 0 aliphatic carbocycles. The molecule has 2 aliphatic rings. The van der Waals surface area contributed by atoms with Crippen LogP contribution in [0.25, 0.3) is 0 Å². The summed E-state index contributed by atoms with van der Waals surface area (Å²) in [7, 11) is 0. The fourth-order valence-corrected chi connectivity index (χ4v) is 2.41. The Bertz CT molecular complexity index is 229. The van der Waals surface area contributed by atoms with Crippen LogP contribution in [0.3, 0.4) is 0 Å². The number of nitrogens with zero attached hydrogens (tertiary/aromatic N) is 1. The first-order valence-corrected chi connectivity index (χ1v) is 5.88. The van der Waals surface area contributed by atoms with Crippen LogP contribution in [0.2, 0.25) is 0 Å². The van der Waals surface area contributed by atoms with Gasteiger partial charge >= 0.3 is 0 Å². The predicted molar refractivity (Wildman–Crippen MR) is 56.3 cm³/mol. The van der Waals surface area contributed by atoms with Gasteiger partial charge in [-0.25, -0.2) is 4.39 Å². The number of hydrogen-bond acceptors (Lipinski definition) is 2. The summed E-state index contributed by atoms with van der Waals surface area (Å²) < 4.78 is 12.9. The molecule has 0 saturated carbocycles. The molecule has 0 unspecified atom stereocenters. The highest BCUT2D eigenvalue weighted by Crippen LogP contribution is 2.20. The van der Waals surface area contributed by atoms with Crippen molar-refractivity contribution in [2.45, 2.75) is 31.9 Å². The smallest absolute Gasteiger partial charge is 0.222 e. The van der Waals surface area contributed by atoms with E-state index in [0.29, 0.717) is 31.8 Å². The molecule has 2 heterocycles. The molecule has 2 saturated heterocycles. The fraction of sp³-hybridized carbons (Fsp3) is 0.909. The maximum Gasteiger partial charge on any atom is 0.222 e. The van der Waals surface area contributed by atoms with Crippen molar-refractivity contribution in [2.75, 3.05) is 26.2 Å². The fourth-order valence-electron chi connectivity index (χ4n) is 2.41. The maximum absolute atomic E-state index is 12.9. The molecule has 1 amide bonds. The summed E-state index contributed by atoms with van der Waals surface area (Å²) >= 11 is 0. The second-order valence-corrected chi connectivity index (χ2v) is 4.62. The number of alkyl halides is 1. The lowest BCUT2D eigenvalue weighted by Crippen LogP contribution is -2.34. The minimum Gasteiger partial charge on any atom is -0.340 e. The number of hydrogen-bond donors (Lipinski definition) is 1. The van der Waals surface area contributed by atoms with Crippen LogP contribution in [-0.2, 0) is 4.79 Å². The van der Waals surface area contributed by atoms with Crippen LogP contribution in [0.1, 0.15) is 25.7 Å². The van der Waals surface area contributed by atoms with Gasteiger partial charge < -0.3 is 10.2 Å². The van der Waals surface area contributed by atoms with Gasteiger partial charge in [-0.15, -0.1) is 0 Å².